The lowest BCUT2D eigenvalue weighted by molar-refractivity contribution is -0.134. The van der Waals surface area contributed by atoms with Crippen molar-refractivity contribution in [2.24, 2.45) is 0 Å². The highest BCUT2D eigenvalue weighted by molar-refractivity contribution is 5.76. The second-order valence-electron chi connectivity index (χ2n) is 4.25. The van der Waals surface area contributed by atoms with E-state index in [-0.39, 0.29) is 12.5 Å². The van der Waals surface area contributed by atoms with Crippen LogP contribution in [0.3, 0.4) is 0 Å². The molecule has 6 nitrogen and oxygen atoms in total. The first-order valence-corrected chi connectivity index (χ1v) is 5.78. The van der Waals surface area contributed by atoms with Crippen LogP contribution in [-0.2, 0) is 16.1 Å². The number of nitrogens with zero attached hydrogens (tertiary/aromatic N) is 3. The normalized spacial score (nSPS) is 17.4. The fourth-order valence-electron chi connectivity index (χ4n) is 2.04. The number of aromatic nitrogens is 2. The van der Waals surface area contributed by atoms with Gasteiger partial charge in [0.15, 0.2) is 0 Å². The lowest BCUT2D eigenvalue weighted by Crippen LogP contribution is -2.42. The molecule has 1 saturated heterocycles. The number of hydrogen-bond acceptors (Lipinski definition) is 4. The number of likely N-dealkylation sites (tertiary alicyclic amines) is 1. The van der Waals surface area contributed by atoms with Crippen LogP contribution in [0.1, 0.15) is 12.8 Å². The third kappa shape index (κ3) is 2.97. The van der Waals surface area contributed by atoms with Gasteiger partial charge in [-0.25, -0.2) is 0 Å². The molecule has 0 aliphatic carbocycles. The van der Waals surface area contributed by atoms with Crippen LogP contribution in [0.25, 0.3) is 0 Å². The molecule has 17 heavy (non-hydrogen) atoms. The minimum absolute atomic E-state index is 0.0858. The Labute approximate surface area is 100 Å². The molecule has 0 radical (unpaired) electrons. The molecular formula is C11H18N4O2. The lowest BCUT2D eigenvalue weighted by atomic mass is 10.1. The van der Waals surface area contributed by atoms with Gasteiger partial charge in [0.05, 0.1) is 6.10 Å². The molecule has 6 heteroatoms. The fourth-order valence-corrected chi connectivity index (χ4v) is 2.04. The van der Waals surface area contributed by atoms with Gasteiger partial charge >= 0.3 is 0 Å². The van der Waals surface area contributed by atoms with Crippen LogP contribution in [0.15, 0.2) is 12.3 Å². The Hall–Kier alpha value is -1.56. The zero-order valence-electron chi connectivity index (χ0n) is 10.0. The number of anilines is 1. The zero-order chi connectivity index (χ0) is 12.3. The van der Waals surface area contributed by atoms with E-state index in [9.17, 15) is 4.79 Å². The molecule has 94 valence electrons. The van der Waals surface area contributed by atoms with Gasteiger partial charge in [-0.3, -0.25) is 9.48 Å². The quantitative estimate of drug-likeness (QED) is 0.810. The summed E-state index contributed by atoms with van der Waals surface area (Å²) >= 11 is 0. The van der Waals surface area contributed by atoms with E-state index < -0.39 is 0 Å². The molecular weight excluding hydrogens is 220 g/mol. The van der Waals surface area contributed by atoms with E-state index in [1.165, 1.54) is 0 Å². The van der Waals surface area contributed by atoms with E-state index in [2.05, 4.69) is 5.10 Å². The van der Waals surface area contributed by atoms with Crippen LogP contribution >= 0.6 is 0 Å². The molecule has 1 aromatic heterocycles. The minimum atomic E-state index is 0.0858. The first kappa shape index (κ1) is 11.9. The maximum Gasteiger partial charge on any atom is 0.244 e. The van der Waals surface area contributed by atoms with Crippen molar-refractivity contribution in [1.29, 1.82) is 0 Å². The molecule has 0 saturated carbocycles. The maximum absolute atomic E-state index is 12.0. The van der Waals surface area contributed by atoms with Crippen molar-refractivity contribution in [3.8, 4) is 0 Å². The first-order valence-electron chi connectivity index (χ1n) is 5.78. The predicted molar refractivity (Wildman–Crippen MR) is 63.3 cm³/mol. The van der Waals surface area contributed by atoms with Gasteiger partial charge in [0.2, 0.25) is 5.91 Å². The van der Waals surface area contributed by atoms with Crippen LogP contribution in [0.2, 0.25) is 0 Å². The van der Waals surface area contributed by atoms with Crippen molar-refractivity contribution < 1.29 is 9.53 Å². The number of carbonyl (C=O) groups excluding carboxylic acids is 1. The summed E-state index contributed by atoms with van der Waals surface area (Å²) < 4.78 is 6.84. The second-order valence-corrected chi connectivity index (χ2v) is 4.25. The third-order valence-electron chi connectivity index (χ3n) is 3.09. The van der Waals surface area contributed by atoms with Crippen LogP contribution in [-0.4, -0.2) is 46.9 Å². The Morgan fingerprint density at radius 3 is 2.82 bits per heavy atom. The average Bonchev–Trinajstić information content (AvgIpc) is 2.75. The summed E-state index contributed by atoms with van der Waals surface area (Å²) in [5.41, 5.74) is 5.50. The van der Waals surface area contributed by atoms with E-state index in [0.717, 1.165) is 25.9 Å². The number of hydrogen-bond donors (Lipinski definition) is 1. The standard InChI is InChI=1S/C11H18N4O2/c1-17-9-2-5-14(6-3-9)11(16)8-15-7-4-10(12)13-15/h4,7,9H,2-3,5-6,8H2,1H3,(H2,12,13). The molecule has 0 bridgehead atoms. The number of nitrogen functional groups attached to an aromatic ring is 1. The summed E-state index contributed by atoms with van der Waals surface area (Å²) in [4.78, 5) is 13.8. The van der Waals surface area contributed by atoms with Gasteiger partial charge in [-0.15, -0.1) is 0 Å². The summed E-state index contributed by atoms with van der Waals surface area (Å²) in [5.74, 6) is 0.526. The van der Waals surface area contributed by atoms with Gasteiger partial charge in [0.1, 0.15) is 12.4 Å². The van der Waals surface area contributed by atoms with E-state index in [1.54, 1.807) is 24.1 Å². The number of amides is 1. The number of methoxy groups -OCH3 is 1. The molecule has 1 aliphatic heterocycles. The van der Waals surface area contributed by atoms with Gasteiger partial charge in [0.25, 0.3) is 0 Å². The van der Waals surface area contributed by atoms with E-state index in [0.29, 0.717) is 11.9 Å². The molecule has 0 atom stereocenters. The van der Waals surface area contributed by atoms with Gasteiger partial charge in [-0.2, -0.15) is 5.10 Å². The SMILES string of the molecule is COC1CCN(C(=O)Cn2ccc(N)n2)CC1. The molecule has 2 rings (SSSR count). The molecule has 0 aromatic carbocycles. The lowest BCUT2D eigenvalue weighted by Gasteiger charge is -2.31. The Balaban J connectivity index is 1.85. The predicted octanol–water partition coefficient (Wildman–Crippen LogP) is 0.103. The smallest absolute Gasteiger partial charge is 0.244 e. The van der Waals surface area contributed by atoms with E-state index in [4.69, 9.17) is 10.5 Å². The topological polar surface area (TPSA) is 73.4 Å². The molecule has 2 N–H and O–H groups in total. The average molecular weight is 238 g/mol. The van der Waals surface area contributed by atoms with E-state index >= 15 is 0 Å². The summed E-state index contributed by atoms with van der Waals surface area (Å²) in [6.07, 6.45) is 3.82. The molecule has 0 spiro atoms. The highest BCUT2D eigenvalue weighted by Gasteiger charge is 2.22. The minimum Gasteiger partial charge on any atom is -0.382 e. The van der Waals surface area contributed by atoms with Gasteiger partial charge < -0.3 is 15.4 Å². The Morgan fingerprint density at radius 1 is 1.59 bits per heavy atom. The first-order chi connectivity index (χ1) is 8.19. The summed E-state index contributed by atoms with van der Waals surface area (Å²) in [7, 11) is 1.72. The van der Waals surface area contributed by atoms with Gasteiger partial charge in [-0.05, 0) is 18.9 Å². The van der Waals surface area contributed by atoms with Gasteiger partial charge in [-0.1, -0.05) is 0 Å². The molecule has 1 aliphatic rings. The second kappa shape index (κ2) is 5.18. The number of piperidine rings is 1. The van der Waals surface area contributed by atoms with Gasteiger partial charge in [0, 0.05) is 26.4 Å². The molecule has 1 aromatic rings. The van der Waals surface area contributed by atoms with E-state index in [1.807, 2.05) is 4.90 Å². The van der Waals surface area contributed by atoms with Crippen LogP contribution in [0.5, 0.6) is 0 Å². The third-order valence-corrected chi connectivity index (χ3v) is 3.09. The largest absolute Gasteiger partial charge is 0.382 e. The van der Waals surface area contributed by atoms with Crippen LogP contribution in [0, 0.1) is 0 Å². The molecule has 1 fully saturated rings. The highest BCUT2D eigenvalue weighted by Crippen LogP contribution is 2.13. The molecule has 0 unspecified atom stereocenters. The van der Waals surface area contributed by atoms with Crippen molar-refractivity contribution in [3.05, 3.63) is 12.3 Å². The Bertz CT molecular complexity index is 383. The molecule has 1 amide bonds. The maximum atomic E-state index is 12.0. The Morgan fingerprint density at radius 2 is 2.29 bits per heavy atom. The number of carbonyl (C=O) groups is 1. The highest BCUT2D eigenvalue weighted by atomic mass is 16.5. The monoisotopic (exact) mass is 238 g/mol. The number of rotatable bonds is 3. The van der Waals surface area contributed by atoms with Crippen LogP contribution in [0.4, 0.5) is 5.82 Å². The van der Waals surface area contributed by atoms with Crippen molar-refractivity contribution in [2.45, 2.75) is 25.5 Å². The van der Waals surface area contributed by atoms with Crippen molar-refractivity contribution in [2.75, 3.05) is 25.9 Å². The summed E-state index contributed by atoms with van der Waals surface area (Å²) in [6.45, 7) is 1.77. The zero-order valence-corrected chi connectivity index (χ0v) is 10.0. The number of nitrogens with two attached hydrogens (primary N) is 1. The van der Waals surface area contributed by atoms with Crippen molar-refractivity contribution in [1.82, 2.24) is 14.7 Å². The van der Waals surface area contributed by atoms with Crippen molar-refractivity contribution >= 4 is 11.7 Å². The molecule has 2 heterocycles. The summed E-state index contributed by atoms with van der Waals surface area (Å²) in [5, 5.41) is 4.00. The van der Waals surface area contributed by atoms with Crippen molar-refractivity contribution in [3.63, 3.8) is 0 Å². The summed E-state index contributed by atoms with van der Waals surface area (Å²) in [6, 6.07) is 1.68. The number of ether oxygens (including phenoxy) is 1. The Kier molecular flexibility index (Phi) is 3.63. The van der Waals surface area contributed by atoms with Crippen LogP contribution < -0.4 is 5.73 Å². The fraction of sp³-hybridized carbons (Fsp3) is 0.636.